The highest BCUT2D eigenvalue weighted by Gasteiger charge is 2.35. The van der Waals surface area contributed by atoms with Crippen LogP contribution >= 0.6 is 11.8 Å². The Balaban J connectivity index is 1.79. The van der Waals surface area contributed by atoms with Crippen molar-refractivity contribution in [1.82, 2.24) is 9.97 Å². The molecule has 1 heterocycles. The molecule has 1 aromatic heterocycles. The van der Waals surface area contributed by atoms with Gasteiger partial charge in [0, 0.05) is 16.8 Å². The maximum Gasteiger partial charge on any atom is 0.420 e. The van der Waals surface area contributed by atoms with Crippen LogP contribution in [0.1, 0.15) is 43.7 Å². The number of anilines is 2. The van der Waals surface area contributed by atoms with E-state index in [0.717, 1.165) is 36.5 Å². The Hall–Kier alpha value is -2.54. The fourth-order valence-corrected chi connectivity index (χ4v) is 3.92. The molecule has 0 radical (unpaired) electrons. The van der Waals surface area contributed by atoms with Gasteiger partial charge in [-0.25, -0.2) is 9.97 Å². The Morgan fingerprint density at radius 2 is 1.77 bits per heavy atom. The lowest BCUT2D eigenvalue weighted by molar-refractivity contribution is -0.140. The predicted molar refractivity (Wildman–Crippen MR) is 115 cm³/mol. The summed E-state index contributed by atoms with van der Waals surface area (Å²) in [5, 5.41) is 2.92. The summed E-state index contributed by atoms with van der Waals surface area (Å²) in [4.78, 5) is 8.75. The quantitative estimate of drug-likeness (QED) is 0.281. The molecule has 0 spiro atoms. The minimum Gasteiger partial charge on any atom is -0.324 e. The molecule has 0 amide bonds. The first-order valence-corrected chi connectivity index (χ1v) is 10.8. The summed E-state index contributed by atoms with van der Waals surface area (Å²) in [6, 6.07) is 16.7. The van der Waals surface area contributed by atoms with Crippen LogP contribution in [0.15, 0.2) is 70.7 Å². The lowest BCUT2D eigenvalue weighted by Gasteiger charge is -2.13. The summed E-state index contributed by atoms with van der Waals surface area (Å²) >= 11 is 0.974. The van der Waals surface area contributed by atoms with Gasteiger partial charge >= 0.3 is 6.18 Å². The largest absolute Gasteiger partial charge is 0.420 e. The van der Waals surface area contributed by atoms with Crippen molar-refractivity contribution >= 4 is 23.4 Å². The van der Waals surface area contributed by atoms with Gasteiger partial charge < -0.3 is 5.32 Å². The molecule has 0 bridgehead atoms. The van der Waals surface area contributed by atoms with Crippen molar-refractivity contribution < 1.29 is 13.2 Å². The van der Waals surface area contributed by atoms with Crippen LogP contribution in [0.4, 0.5) is 24.8 Å². The van der Waals surface area contributed by atoms with E-state index < -0.39 is 11.7 Å². The van der Waals surface area contributed by atoms with Crippen LogP contribution in [-0.4, -0.2) is 9.97 Å². The van der Waals surface area contributed by atoms with E-state index in [1.807, 2.05) is 24.3 Å². The molecule has 0 saturated heterocycles. The van der Waals surface area contributed by atoms with Gasteiger partial charge in [0.2, 0.25) is 5.95 Å². The maximum absolute atomic E-state index is 13.4. The lowest BCUT2D eigenvalue weighted by Crippen LogP contribution is -2.10. The van der Waals surface area contributed by atoms with Crippen molar-refractivity contribution in [2.45, 2.75) is 55.1 Å². The number of nitrogens with zero attached hydrogens (tertiary/aromatic N) is 2. The number of hydrogen-bond acceptors (Lipinski definition) is 4. The first-order valence-electron chi connectivity index (χ1n) is 9.99. The van der Waals surface area contributed by atoms with Crippen molar-refractivity contribution in [3.05, 3.63) is 71.9 Å². The summed E-state index contributed by atoms with van der Waals surface area (Å²) in [5.41, 5.74) is 1.10. The predicted octanol–water partition coefficient (Wildman–Crippen LogP) is 7.51. The zero-order chi connectivity index (χ0) is 21.4. The number of alkyl halides is 3. The Bertz CT molecular complexity index is 946. The van der Waals surface area contributed by atoms with E-state index in [9.17, 15) is 13.2 Å². The van der Waals surface area contributed by atoms with Gasteiger partial charge in [-0.15, -0.1) is 0 Å². The number of halogens is 3. The summed E-state index contributed by atoms with van der Waals surface area (Å²) < 4.78 is 40.3. The summed E-state index contributed by atoms with van der Waals surface area (Å²) in [5.74, 6) is 0.143. The number of aryl methyl sites for hydroxylation is 1. The molecular formula is C23H24F3N3S. The molecule has 0 aliphatic rings. The van der Waals surface area contributed by atoms with E-state index >= 15 is 0 Å². The van der Waals surface area contributed by atoms with Gasteiger partial charge in [-0.05, 0) is 42.7 Å². The minimum atomic E-state index is -4.52. The van der Waals surface area contributed by atoms with E-state index in [1.54, 1.807) is 24.3 Å². The average Bonchev–Trinajstić information content (AvgIpc) is 2.72. The molecule has 0 fully saturated rings. The molecule has 2 aromatic carbocycles. The van der Waals surface area contributed by atoms with Gasteiger partial charge in [0.1, 0.15) is 10.6 Å². The van der Waals surface area contributed by atoms with Crippen LogP contribution in [0.25, 0.3) is 0 Å². The van der Waals surface area contributed by atoms with Crippen LogP contribution < -0.4 is 5.32 Å². The zero-order valence-corrected chi connectivity index (χ0v) is 17.6. The van der Waals surface area contributed by atoms with Gasteiger partial charge in [-0.1, -0.05) is 68.3 Å². The third kappa shape index (κ3) is 6.49. The summed E-state index contributed by atoms with van der Waals surface area (Å²) in [6.45, 7) is 2.18. The van der Waals surface area contributed by atoms with E-state index in [4.69, 9.17) is 0 Å². The SMILES string of the molecule is CCCCCCc1cccc(Nc2ncc(C(F)(F)F)c(Sc3ccccc3)n2)c1. The maximum atomic E-state index is 13.4. The van der Waals surface area contributed by atoms with Gasteiger partial charge in [-0.3, -0.25) is 0 Å². The normalized spacial score (nSPS) is 11.5. The summed E-state index contributed by atoms with van der Waals surface area (Å²) in [7, 11) is 0. The molecule has 0 unspecified atom stereocenters. The molecule has 0 aliphatic carbocycles. The Labute approximate surface area is 179 Å². The van der Waals surface area contributed by atoms with Gasteiger partial charge in [0.15, 0.2) is 0 Å². The smallest absolute Gasteiger partial charge is 0.324 e. The zero-order valence-electron chi connectivity index (χ0n) is 16.7. The highest BCUT2D eigenvalue weighted by Crippen LogP contribution is 2.38. The van der Waals surface area contributed by atoms with Crippen molar-refractivity contribution in [3.8, 4) is 0 Å². The van der Waals surface area contributed by atoms with Crippen LogP contribution in [0.2, 0.25) is 0 Å². The van der Waals surface area contributed by atoms with Crippen LogP contribution in [0.3, 0.4) is 0 Å². The van der Waals surface area contributed by atoms with E-state index in [2.05, 4.69) is 28.3 Å². The lowest BCUT2D eigenvalue weighted by atomic mass is 10.1. The fraction of sp³-hybridized carbons (Fsp3) is 0.304. The van der Waals surface area contributed by atoms with Crippen molar-refractivity contribution in [2.75, 3.05) is 5.32 Å². The molecule has 158 valence electrons. The second-order valence-electron chi connectivity index (χ2n) is 6.96. The highest BCUT2D eigenvalue weighted by molar-refractivity contribution is 7.99. The van der Waals surface area contributed by atoms with Gasteiger partial charge in [-0.2, -0.15) is 13.2 Å². The minimum absolute atomic E-state index is 0.123. The van der Waals surface area contributed by atoms with Crippen molar-refractivity contribution in [3.63, 3.8) is 0 Å². The molecule has 3 nitrogen and oxygen atoms in total. The first-order chi connectivity index (χ1) is 14.5. The third-order valence-electron chi connectivity index (χ3n) is 4.52. The van der Waals surface area contributed by atoms with Gasteiger partial charge in [0.25, 0.3) is 0 Å². The van der Waals surface area contributed by atoms with E-state index in [-0.39, 0.29) is 11.0 Å². The monoisotopic (exact) mass is 431 g/mol. The molecular weight excluding hydrogens is 407 g/mol. The van der Waals surface area contributed by atoms with Crippen molar-refractivity contribution in [1.29, 1.82) is 0 Å². The Morgan fingerprint density at radius 1 is 0.967 bits per heavy atom. The van der Waals surface area contributed by atoms with Crippen molar-refractivity contribution in [2.24, 2.45) is 0 Å². The molecule has 1 N–H and O–H groups in total. The molecule has 30 heavy (non-hydrogen) atoms. The molecule has 0 aliphatic heterocycles. The summed E-state index contributed by atoms with van der Waals surface area (Å²) in [6.07, 6.45) is 2.01. The topological polar surface area (TPSA) is 37.8 Å². The van der Waals surface area contributed by atoms with E-state index in [1.165, 1.54) is 24.8 Å². The fourth-order valence-electron chi connectivity index (χ4n) is 2.99. The Kier molecular flexibility index (Phi) is 7.74. The second kappa shape index (κ2) is 10.5. The molecule has 3 aromatic rings. The van der Waals surface area contributed by atoms with Crippen LogP contribution in [0.5, 0.6) is 0 Å². The standard InChI is InChI=1S/C23H24F3N3S/c1-2-3-4-6-10-17-11-9-12-18(15-17)28-22-27-16-20(23(24,25)26)21(29-22)30-19-13-7-5-8-14-19/h5,7-9,11-16H,2-4,6,10H2,1H3,(H,27,28,29). The molecule has 7 heteroatoms. The average molecular weight is 432 g/mol. The number of nitrogens with one attached hydrogen (secondary N) is 1. The van der Waals surface area contributed by atoms with E-state index in [0.29, 0.717) is 4.90 Å². The Morgan fingerprint density at radius 3 is 2.50 bits per heavy atom. The van der Waals surface area contributed by atoms with Gasteiger partial charge in [0.05, 0.1) is 0 Å². The molecule has 0 saturated carbocycles. The van der Waals surface area contributed by atoms with Crippen LogP contribution in [0, 0.1) is 0 Å². The molecule has 3 rings (SSSR count). The third-order valence-corrected chi connectivity index (χ3v) is 5.53. The number of rotatable bonds is 9. The second-order valence-corrected chi connectivity index (χ2v) is 8.02. The van der Waals surface area contributed by atoms with Crippen LogP contribution in [-0.2, 0) is 12.6 Å². The number of benzene rings is 2. The number of aromatic nitrogens is 2. The first kappa shape index (κ1) is 22.2. The molecule has 0 atom stereocenters. The highest BCUT2D eigenvalue weighted by atomic mass is 32.2. The number of hydrogen-bond donors (Lipinski definition) is 1. The number of unbranched alkanes of at least 4 members (excludes halogenated alkanes) is 3.